The maximum Gasteiger partial charge on any atom is 0.138 e. The van der Waals surface area contributed by atoms with E-state index in [1.807, 2.05) is 30.3 Å². The number of benzene rings is 2. The lowest BCUT2D eigenvalue weighted by atomic mass is 10.3. The Hall–Kier alpha value is -1.74. The maximum absolute atomic E-state index is 12.8. The predicted molar refractivity (Wildman–Crippen MR) is 68.8 cm³/mol. The van der Waals surface area contributed by atoms with E-state index in [-0.39, 0.29) is 10.8 Å². The van der Waals surface area contributed by atoms with Crippen molar-refractivity contribution in [3.05, 3.63) is 59.4 Å². The quantitative estimate of drug-likeness (QED) is 0.763. The first kappa shape index (κ1) is 12.7. The Balaban J connectivity index is 1.79. The van der Waals surface area contributed by atoms with Crippen LogP contribution in [0.25, 0.3) is 0 Å². The van der Waals surface area contributed by atoms with E-state index in [1.165, 1.54) is 18.2 Å². The summed E-state index contributed by atoms with van der Waals surface area (Å²) in [4.78, 5) is 0. The molecule has 2 aromatic rings. The Labute approximate surface area is 110 Å². The molecule has 18 heavy (non-hydrogen) atoms. The number of para-hydroxylation sites is 1. The minimum atomic E-state index is -0.382. The van der Waals surface area contributed by atoms with Gasteiger partial charge in [0.2, 0.25) is 0 Å². The van der Waals surface area contributed by atoms with E-state index in [2.05, 4.69) is 0 Å². The molecule has 0 atom stereocenters. The minimum absolute atomic E-state index is 0.259. The molecule has 0 radical (unpaired) electrons. The summed E-state index contributed by atoms with van der Waals surface area (Å²) in [7, 11) is 0. The zero-order valence-corrected chi connectivity index (χ0v) is 10.4. The highest BCUT2D eigenvalue weighted by Gasteiger charge is 2.02. The first-order valence-corrected chi connectivity index (χ1v) is 5.89. The average Bonchev–Trinajstić information content (AvgIpc) is 2.38. The Kier molecular flexibility index (Phi) is 4.42. The van der Waals surface area contributed by atoms with Crippen LogP contribution < -0.4 is 9.47 Å². The van der Waals surface area contributed by atoms with Crippen molar-refractivity contribution >= 4 is 11.6 Å². The molecule has 0 fully saturated rings. The van der Waals surface area contributed by atoms with E-state index in [4.69, 9.17) is 21.1 Å². The molecule has 0 aromatic heterocycles. The van der Waals surface area contributed by atoms with Gasteiger partial charge in [0.15, 0.2) is 0 Å². The van der Waals surface area contributed by atoms with Gasteiger partial charge in [0.25, 0.3) is 0 Å². The molecule has 0 aliphatic heterocycles. The third-order valence-corrected chi connectivity index (χ3v) is 2.54. The number of hydrogen-bond donors (Lipinski definition) is 0. The van der Waals surface area contributed by atoms with Crippen molar-refractivity contribution in [1.82, 2.24) is 0 Å². The van der Waals surface area contributed by atoms with E-state index >= 15 is 0 Å². The second kappa shape index (κ2) is 6.26. The zero-order chi connectivity index (χ0) is 12.8. The molecule has 0 bridgehead atoms. The molecule has 2 nitrogen and oxygen atoms in total. The van der Waals surface area contributed by atoms with Gasteiger partial charge in [0.1, 0.15) is 30.5 Å². The van der Waals surface area contributed by atoms with Gasteiger partial charge in [0.05, 0.1) is 5.02 Å². The Bertz CT molecular complexity index is 502. The van der Waals surface area contributed by atoms with Crippen LogP contribution in [0.15, 0.2) is 48.5 Å². The summed E-state index contributed by atoms with van der Waals surface area (Å²) < 4.78 is 23.6. The van der Waals surface area contributed by atoms with Crippen molar-refractivity contribution in [1.29, 1.82) is 0 Å². The van der Waals surface area contributed by atoms with Gasteiger partial charge in [0, 0.05) is 0 Å². The van der Waals surface area contributed by atoms with Crippen LogP contribution in [0.4, 0.5) is 4.39 Å². The lowest BCUT2D eigenvalue weighted by Gasteiger charge is -2.09. The topological polar surface area (TPSA) is 18.5 Å². The molecule has 0 heterocycles. The molecule has 0 saturated carbocycles. The molecule has 0 aliphatic rings. The van der Waals surface area contributed by atoms with Crippen molar-refractivity contribution in [2.24, 2.45) is 0 Å². The molecular formula is C14H12ClFO2. The normalized spacial score (nSPS) is 10.1. The third-order valence-electron chi connectivity index (χ3n) is 2.25. The summed E-state index contributed by atoms with van der Waals surface area (Å²) in [5.41, 5.74) is 0. The maximum atomic E-state index is 12.8. The van der Waals surface area contributed by atoms with Crippen molar-refractivity contribution in [2.75, 3.05) is 13.2 Å². The Morgan fingerprint density at radius 2 is 1.67 bits per heavy atom. The molecule has 0 saturated heterocycles. The van der Waals surface area contributed by atoms with E-state index < -0.39 is 0 Å². The van der Waals surface area contributed by atoms with Crippen LogP contribution in [0.3, 0.4) is 0 Å². The van der Waals surface area contributed by atoms with Crippen molar-refractivity contribution < 1.29 is 13.9 Å². The fourth-order valence-corrected chi connectivity index (χ4v) is 1.64. The van der Waals surface area contributed by atoms with Crippen molar-refractivity contribution in [3.63, 3.8) is 0 Å². The molecule has 94 valence electrons. The first-order valence-electron chi connectivity index (χ1n) is 5.51. The van der Waals surface area contributed by atoms with Crippen LogP contribution >= 0.6 is 11.6 Å². The first-order chi connectivity index (χ1) is 8.75. The summed E-state index contributed by atoms with van der Waals surface area (Å²) in [6.45, 7) is 0.748. The van der Waals surface area contributed by atoms with Crippen LogP contribution in [0.1, 0.15) is 0 Å². The van der Waals surface area contributed by atoms with Crippen LogP contribution in [-0.4, -0.2) is 13.2 Å². The number of hydrogen-bond acceptors (Lipinski definition) is 2. The monoisotopic (exact) mass is 266 g/mol. The van der Waals surface area contributed by atoms with Gasteiger partial charge in [-0.25, -0.2) is 4.39 Å². The molecule has 0 aliphatic carbocycles. The lowest BCUT2D eigenvalue weighted by molar-refractivity contribution is 0.217. The summed E-state index contributed by atoms with van der Waals surface area (Å²) in [6, 6.07) is 13.5. The standard InChI is InChI=1S/C14H12ClFO2/c15-13-10-11(16)6-7-14(13)18-9-8-17-12-4-2-1-3-5-12/h1-7,10H,8-9H2. The van der Waals surface area contributed by atoms with Gasteiger partial charge in [-0.3, -0.25) is 0 Å². The number of halogens is 2. The average molecular weight is 267 g/mol. The zero-order valence-electron chi connectivity index (χ0n) is 9.61. The molecule has 2 aromatic carbocycles. The molecule has 4 heteroatoms. The van der Waals surface area contributed by atoms with Gasteiger partial charge in [-0.05, 0) is 30.3 Å². The third kappa shape index (κ3) is 3.64. The van der Waals surface area contributed by atoms with Gasteiger partial charge < -0.3 is 9.47 Å². The van der Waals surface area contributed by atoms with Crippen molar-refractivity contribution in [2.45, 2.75) is 0 Å². The van der Waals surface area contributed by atoms with Crippen LogP contribution in [0.2, 0.25) is 5.02 Å². The van der Waals surface area contributed by atoms with Gasteiger partial charge in [-0.2, -0.15) is 0 Å². The smallest absolute Gasteiger partial charge is 0.138 e. The number of ether oxygens (including phenoxy) is 2. The number of rotatable bonds is 5. The fraction of sp³-hybridized carbons (Fsp3) is 0.143. The molecule has 0 unspecified atom stereocenters. The summed E-state index contributed by atoms with van der Waals surface area (Å²) in [6.07, 6.45) is 0. The van der Waals surface area contributed by atoms with Gasteiger partial charge >= 0.3 is 0 Å². The highest BCUT2D eigenvalue weighted by atomic mass is 35.5. The van der Waals surface area contributed by atoms with Crippen LogP contribution in [-0.2, 0) is 0 Å². The van der Waals surface area contributed by atoms with Crippen LogP contribution in [0, 0.1) is 5.82 Å². The van der Waals surface area contributed by atoms with E-state index in [0.29, 0.717) is 19.0 Å². The SMILES string of the molecule is Fc1ccc(OCCOc2ccccc2)c(Cl)c1. The largest absolute Gasteiger partial charge is 0.490 e. The highest BCUT2D eigenvalue weighted by Crippen LogP contribution is 2.24. The van der Waals surface area contributed by atoms with E-state index in [1.54, 1.807) is 0 Å². The lowest BCUT2D eigenvalue weighted by Crippen LogP contribution is -2.09. The molecule has 0 spiro atoms. The van der Waals surface area contributed by atoms with Crippen LogP contribution in [0.5, 0.6) is 11.5 Å². The van der Waals surface area contributed by atoms with Crippen molar-refractivity contribution in [3.8, 4) is 11.5 Å². The van der Waals surface area contributed by atoms with E-state index in [9.17, 15) is 4.39 Å². The van der Waals surface area contributed by atoms with Gasteiger partial charge in [-0.15, -0.1) is 0 Å². The van der Waals surface area contributed by atoms with Gasteiger partial charge in [-0.1, -0.05) is 29.8 Å². The molecule has 2 rings (SSSR count). The fourth-order valence-electron chi connectivity index (χ4n) is 1.42. The minimum Gasteiger partial charge on any atom is -0.490 e. The molecule has 0 amide bonds. The van der Waals surface area contributed by atoms with E-state index in [0.717, 1.165) is 5.75 Å². The molecular weight excluding hydrogens is 255 g/mol. The summed E-state index contributed by atoms with van der Waals surface area (Å²) in [5, 5.41) is 0.259. The summed E-state index contributed by atoms with van der Waals surface area (Å²) >= 11 is 5.82. The highest BCUT2D eigenvalue weighted by molar-refractivity contribution is 6.32. The predicted octanol–water partition coefficient (Wildman–Crippen LogP) is 3.94. The second-order valence-corrected chi connectivity index (χ2v) is 3.99. The summed E-state index contributed by atoms with van der Waals surface area (Å²) in [5.74, 6) is 0.855. The molecule has 0 N–H and O–H groups in total. The Morgan fingerprint density at radius 3 is 2.39 bits per heavy atom. The Morgan fingerprint density at radius 1 is 0.944 bits per heavy atom. The second-order valence-electron chi connectivity index (χ2n) is 3.58.